The van der Waals surface area contributed by atoms with E-state index in [-0.39, 0.29) is 5.91 Å². The number of nitrogens with one attached hydrogen (secondary N) is 1. The molecule has 8 nitrogen and oxygen atoms in total. The smallest absolute Gasteiger partial charge is 0.341 e. The van der Waals surface area contributed by atoms with Gasteiger partial charge >= 0.3 is 5.97 Å². The van der Waals surface area contributed by atoms with Crippen LogP contribution in [0.2, 0.25) is 0 Å². The maximum atomic E-state index is 12.1. The molecule has 9 heteroatoms. The van der Waals surface area contributed by atoms with E-state index in [0.29, 0.717) is 10.9 Å². The van der Waals surface area contributed by atoms with Crippen molar-refractivity contribution in [2.24, 2.45) is 5.10 Å². The Labute approximate surface area is 161 Å². The topological polar surface area (TPSA) is 114 Å². The third kappa shape index (κ3) is 7.06. The Hall–Kier alpha value is -2.94. The van der Waals surface area contributed by atoms with Crippen LogP contribution in [0.15, 0.2) is 40.6 Å². The molecular weight excluding hydrogens is 368 g/mol. The predicted octanol–water partition coefficient (Wildman–Crippen LogP) is 2.19. The van der Waals surface area contributed by atoms with Crippen LogP contribution in [0.1, 0.15) is 23.9 Å². The van der Waals surface area contributed by atoms with E-state index in [1.54, 1.807) is 31.2 Å². The van der Waals surface area contributed by atoms with Crippen molar-refractivity contribution in [2.45, 2.75) is 31.2 Å². The Morgan fingerprint density at radius 2 is 1.89 bits per heavy atom. The van der Waals surface area contributed by atoms with Crippen molar-refractivity contribution in [2.75, 3.05) is 6.61 Å². The number of carboxylic acid groups (broad SMARTS) is 1. The van der Waals surface area contributed by atoms with Crippen LogP contribution in [0.5, 0.6) is 5.75 Å². The third-order valence-corrected chi connectivity index (χ3v) is 4.20. The highest BCUT2D eigenvalue weighted by atomic mass is 32.2. The number of hydrogen-bond donors (Lipinski definition) is 2. The highest BCUT2D eigenvalue weighted by Gasteiger charge is 2.15. The molecular formula is C18H20N4O4S. The molecule has 0 fully saturated rings. The van der Waals surface area contributed by atoms with Gasteiger partial charge in [0, 0.05) is 11.4 Å². The molecule has 0 saturated heterocycles. The van der Waals surface area contributed by atoms with E-state index in [1.807, 2.05) is 19.9 Å². The van der Waals surface area contributed by atoms with E-state index in [9.17, 15) is 9.59 Å². The molecule has 27 heavy (non-hydrogen) atoms. The first-order chi connectivity index (χ1) is 12.8. The van der Waals surface area contributed by atoms with Crippen LogP contribution in [0.25, 0.3) is 0 Å². The minimum Gasteiger partial charge on any atom is -0.482 e. The Morgan fingerprint density at radius 1 is 1.26 bits per heavy atom. The van der Waals surface area contributed by atoms with E-state index in [0.717, 1.165) is 17.0 Å². The standard InChI is InChI=1S/C18H20N4O4S/c1-11-8-12(2)21-18(20-11)27-13(3)17(25)22-19-9-14-4-6-15(7-5-14)26-10-16(23)24/h4-9,13H,10H2,1-3H3,(H,22,25)(H,23,24)/b19-9-/t13-/m1/s1. The molecule has 0 spiro atoms. The quantitative estimate of drug-likeness (QED) is 0.308. The van der Waals surface area contributed by atoms with E-state index in [2.05, 4.69) is 20.5 Å². The average Bonchev–Trinajstić information content (AvgIpc) is 2.60. The lowest BCUT2D eigenvalue weighted by molar-refractivity contribution is -0.139. The molecule has 0 saturated carbocycles. The Morgan fingerprint density at radius 3 is 2.48 bits per heavy atom. The monoisotopic (exact) mass is 388 g/mol. The lowest BCUT2D eigenvalue weighted by atomic mass is 10.2. The molecule has 1 heterocycles. The molecule has 1 atom stereocenters. The van der Waals surface area contributed by atoms with Crippen molar-refractivity contribution < 1.29 is 19.4 Å². The minimum atomic E-state index is -1.04. The van der Waals surface area contributed by atoms with Gasteiger partial charge in [-0.25, -0.2) is 20.2 Å². The van der Waals surface area contributed by atoms with Crippen LogP contribution in [-0.4, -0.2) is 45.0 Å². The van der Waals surface area contributed by atoms with Crippen molar-refractivity contribution in [3.05, 3.63) is 47.3 Å². The van der Waals surface area contributed by atoms with Gasteiger partial charge in [0.2, 0.25) is 0 Å². The van der Waals surface area contributed by atoms with Crippen molar-refractivity contribution in [1.29, 1.82) is 0 Å². The maximum Gasteiger partial charge on any atom is 0.341 e. The average molecular weight is 388 g/mol. The number of aromatic nitrogens is 2. The number of hydrazone groups is 1. The number of aliphatic carboxylic acids is 1. The molecule has 0 aliphatic carbocycles. The molecule has 1 aromatic heterocycles. The van der Waals surface area contributed by atoms with Gasteiger partial charge in [0.05, 0.1) is 11.5 Å². The molecule has 0 aliphatic rings. The first-order valence-electron chi connectivity index (χ1n) is 8.10. The van der Waals surface area contributed by atoms with Crippen LogP contribution in [0, 0.1) is 13.8 Å². The fraction of sp³-hybridized carbons (Fsp3) is 0.278. The van der Waals surface area contributed by atoms with Crippen LogP contribution >= 0.6 is 11.8 Å². The molecule has 1 aromatic carbocycles. The van der Waals surface area contributed by atoms with Crippen LogP contribution in [-0.2, 0) is 9.59 Å². The number of nitrogens with zero attached hydrogens (tertiary/aromatic N) is 3. The van der Waals surface area contributed by atoms with Crippen molar-refractivity contribution in [3.8, 4) is 5.75 Å². The summed E-state index contributed by atoms with van der Waals surface area (Å²) >= 11 is 1.26. The Balaban J connectivity index is 1.85. The first-order valence-corrected chi connectivity index (χ1v) is 8.98. The second kappa shape index (κ2) is 9.67. The fourth-order valence-corrected chi connectivity index (χ4v) is 2.88. The summed E-state index contributed by atoms with van der Waals surface area (Å²) in [6, 6.07) is 8.53. The number of amides is 1. The number of carboxylic acids is 1. The second-order valence-electron chi connectivity index (χ2n) is 5.68. The normalized spacial score (nSPS) is 12.0. The molecule has 2 rings (SSSR count). The minimum absolute atomic E-state index is 0.263. The van der Waals surface area contributed by atoms with Gasteiger partial charge in [0.1, 0.15) is 5.75 Å². The number of aryl methyl sites for hydroxylation is 2. The zero-order valence-corrected chi connectivity index (χ0v) is 16.0. The van der Waals surface area contributed by atoms with E-state index in [1.165, 1.54) is 18.0 Å². The number of ether oxygens (including phenoxy) is 1. The molecule has 1 amide bonds. The highest BCUT2D eigenvalue weighted by molar-refractivity contribution is 8.00. The van der Waals surface area contributed by atoms with E-state index >= 15 is 0 Å². The largest absolute Gasteiger partial charge is 0.482 e. The summed E-state index contributed by atoms with van der Waals surface area (Å²) in [4.78, 5) is 31.2. The fourth-order valence-electron chi connectivity index (χ4n) is 2.01. The van der Waals surface area contributed by atoms with Gasteiger partial charge in [0.15, 0.2) is 11.8 Å². The van der Waals surface area contributed by atoms with Gasteiger partial charge in [-0.05, 0) is 56.7 Å². The van der Waals surface area contributed by atoms with Crippen LogP contribution < -0.4 is 10.2 Å². The summed E-state index contributed by atoms with van der Waals surface area (Å²) in [5.41, 5.74) is 4.92. The number of carbonyl (C=O) groups excluding carboxylic acids is 1. The summed E-state index contributed by atoms with van der Waals surface area (Å²) in [6.07, 6.45) is 1.49. The third-order valence-electron chi connectivity index (χ3n) is 3.24. The zero-order valence-electron chi connectivity index (χ0n) is 15.2. The number of thioether (sulfide) groups is 1. The summed E-state index contributed by atoms with van der Waals surface area (Å²) in [5, 5.41) is 12.6. The predicted molar refractivity (Wildman–Crippen MR) is 102 cm³/mol. The van der Waals surface area contributed by atoms with E-state index in [4.69, 9.17) is 9.84 Å². The molecule has 0 bridgehead atoms. The summed E-state index contributed by atoms with van der Waals surface area (Å²) in [5.74, 6) is -0.862. The molecule has 142 valence electrons. The van der Waals surface area contributed by atoms with Crippen molar-refractivity contribution in [1.82, 2.24) is 15.4 Å². The van der Waals surface area contributed by atoms with Crippen molar-refractivity contribution in [3.63, 3.8) is 0 Å². The first kappa shape index (κ1) is 20.4. The number of benzene rings is 1. The summed E-state index contributed by atoms with van der Waals surface area (Å²) in [6.45, 7) is 5.12. The molecule has 0 unspecified atom stereocenters. The highest BCUT2D eigenvalue weighted by Crippen LogP contribution is 2.20. The van der Waals surface area contributed by atoms with Crippen LogP contribution in [0.4, 0.5) is 0 Å². The Kier molecular flexibility index (Phi) is 7.30. The van der Waals surface area contributed by atoms with Crippen LogP contribution in [0.3, 0.4) is 0 Å². The lowest BCUT2D eigenvalue weighted by Crippen LogP contribution is -2.27. The number of rotatable bonds is 8. The molecule has 2 N–H and O–H groups in total. The zero-order chi connectivity index (χ0) is 19.8. The van der Waals surface area contributed by atoms with Gasteiger partial charge in [-0.3, -0.25) is 4.79 Å². The number of carbonyl (C=O) groups is 2. The maximum absolute atomic E-state index is 12.1. The van der Waals surface area contributed by atoms with Crippen molar-refractivity contribution >= 4 is 29.9 Å². The Bertz CT molecular complexity index is 820. The molecule has 0 radical (unpaired) electrons. The van der Waals surface area contributed by atoms with Gasteiger partial charge in [-0.2, -0.15) is 5.10 Å². The van der Waals surface area contributed by atoms with Gasteiger partial charge < -0.3 is 9.84 Å². The van der Waals surface area contributed by atoms with Gasteiger partial charge in [0.25, 0.3) is 5.91 Å². The molecule has 2 aromatic rings. The molecule has 0 aliphatic heterocycles. The summed E-state index contributed by atoms with van der Waals surface area (Å²) in [7, 11) is 0. The number of hydrogen-bond acceptors (Lipinski definition) is 7. The van der Waals surface area contributed by atoms with Gasteiger partial charge in [-0.1, -0.05) is 11.8 Å². The van der Waals surface area contributed by atoms with E-state index < -0.39 is 17.8 Å². The van der Waals surface area contributed by atoms with Gasteiger partial charge in [-0.15, -0.1) is 0 Å². The SMILES string of the molecule is Cc1cc(C)nc(S[C@H](C)C(=O)N/N=C\c2ccc(OCC(=O)O)cc2)n1. The summed E-state index contributed by atoms with van der Waals surface area (Å²) < 4.78 is 5.04. The lowest BCUT2D eigenvalue weighted by Gasteiger charge is -2.09. The second-order valence-corrected chi connectivity index (χ2v) is 6.99.